The van der Waals surface area contributed by atoms with Gasteiger partial charge in [0.1, 0.15) is 17.3 Å². The molecule has 0 unspecified atom stereocenters. The molecular formula is C25H27ClN6O2. The van der Waals surface area contributed by atoms with E-state index in [2.05, 4.69) is 40.2 Å². The van der Waals surface area contributed by atoms with Gasteiger partial charge in [-0.05, 0) is 35.9 Å². The Morgan fingerprint density at radius 2 is 1.97 bits per heavy atom. The van der Waals surface area contributed by atoms with Gasteiger partial charge < -0.3 is 25.9 Å². The van der Waals surface area contributed by atoms with Gasteiger partial charge >= 0.3 is 0 Å². The second-order valence-corrected chi connectivity index (χ2v) is 9.02. The number of phenolic OH excluding ortho intramolecular Hbond substituents is 1. The van der Waals surface area contributed by atoms with Crippen LogP contribution in [-0.4, -0.2) is 38.7 Å². The average molecular weight is 479 g/mol. The number of benzene rings is 2. The van der Waals surface area contributed by atoms with Crippen LogP contribution < -0.4 is 15.8 Å². The molecule has 5 N–H and O–H groups in total. The van der Waals surface area contributed by atoms with Crippen molar-refractivity contribution in [2.24, 2.45) is 0 Å². The fourth-order valence-electron chi connectivity index (χ4n) is 3.65. The summed E-state index contributed by atoms with van der Waals surface area (Å²) in [5.41, 5.74) is 9.25. The molecule has 0 bridgehead atoms. The molecule has 2 heterocycles. The maximum absolute atomic E-state index is 10.2. The minimum Gasteiger partial charge on any atom is -0.506 e. The summed E-state index contributed by atoms with van der Waals surface area (Å²) in [4.78, 5) is 16.7. The summed E-state index contributed by atoms with van der Waals surface area (Å²) in [6, 6.07) is 14.8. The van der Waals surface area contributed by atoms with Gasteiger partial charge in [-0.2, -0.15) is 0 Å². The largest absolute Gasteiger partial charge is 0.506 e. The van der Waals surface area contributed by atoms with Crippen LogP contribution in [-0.2, 0) is 12.0 Å². The van der Waals surface area contributed by atoms with Crippen molar-refractivity contribution in [1.29, 1.82) is 0 Å². The van der Waals surface area contributed by atoms with Crippen molar-refractivity contribution >= 4 is 17.5 Å². The number of rotatable bonds is 8. The van der Waals surface area contributed by atoms with Crippen molar-refractivity contribution in [1.82, 2.24) is 25.3 Å². The first-order valence-electron chi connectivity index (χ1n) is 10.8. The van der Waals surface area contributed by atoms with E-state index in [1.165, 1.54) is 0 Å². The Labute approximate surface area is 203 Å². The van der Waals surface area contributed by atoms with Gasteiger partial charge in [-0.15, -0.1) is 0 Å². The molecular weight excluding hydrogens is 452 g/mol. The topological polar surface area (TPSA) is 122 Å². The summed E-state index contributed by atoms with van der Waals surface area (Å²) in [5.74, 6) is 1.74. The second-order valence-electron chi connectivity index (χ2n) is 8.61. The van der Waals surface area contributed by atoms with Crippen LogP contribution in [0.3, 0.4) is 0 Å². The number of nitrogens with two attached hydrogens (primary N) is 1. The number of phenols is 1. The molecule has 2 aromatic carbocycles. The molecule has 4 rings (SSSR count). The van der Waals surface area contributed by atoms with Crippen molar-refractivity contribution in [3.63, 3.8) is 0 Å². The predicted molar refractivity (Wildman–Crippen MR) is 134 cm³/mol. The molecule has 8 nitrogen and oxygen atoms in total. The van der Waals surface area contributed by atoms with Gasteiger partial charge in [0.05, 0.1) is 29.2 Å². The van der Waals surface area contributed by atoms with Gasteiger partial charge in [-0.3, -0.25) is 0 Å². The average Bonchev–Trinajstić information content (AvgIpc) is 3.27. The van der Waals surface area contributed by atoms with E-state index < -0.39 is 0 Å². The molecule has 0 aliphatic carbocycles. The Balaban J connectivity index is 1.64. The maximum Gasteiger partial charge on any atom is 0.220 e. The Morgan fingerprint density at radius 1 is 1.15 bits per heavy atom. The van der Waals surface area contributed by atoms with Crippen LogP contribution in [0.25, 0.3) is 22.6 Å². The minimum absolute atomic E-state index is 0.0175. The zero-order valence-electron chi connectivity index (χ0n) is 19.3. The number of ether oxygens (including phenoxy) is 1. The van der Waals surface area contributed by atoms with Crippen LogP contribution in [0.5, 0.6) is 11.5 Å². The molecule has 9 heteroatoms. The van der Waals surface area contributed by atoms with Crippen molar-refractivity contribution in [2.75, 3.05) is 19.4 Å². The number of methoxy groups -OCH3 is 1. The number of nitrogens with one attached hydrogen (secondary N) is 2. The standard InChI is InChI=1S/C25H27ClN6O2/c1-25(2,14-28-13-15-5-4-6-17(11-15)34-3)23-31-21(16-7-8-18(26)20(33)12-16)22(32-23)19-9-10-29-24(27)30-19/h4-12,28,33H,13-14H2,1-3H3,(H,31,32)(H2,27,29,30). The van der Waals surface area contributed by atoms with Crippen LogP contribution in [0.1, 0.15) is 25.2 Å². The number of halogens is 1. The zero-order valence-corrected chi connectivity index (χ0v) is 20.0. The number of nitrogen functional groups attached to an aromatic ring is 1. The van der Waals surface area contributed by atoms with Crippen LogP contribution in [0.4, 0.5) is 5.95 Å². The Morgan fingerprint density at radius 3 is 2.71 bits per heavy atom. The van der Waals surface area contributed by atoms with E-state index in [-0.39, 0.29) is 22.1 Å². The van der Waals surface area contributed by atoms with E-state index in [4.69, 9.17) is 27.1 Å². The number of anilines is 1. The molecule has 0 atom stereocenters. The lowest BCUT2D eigenvalue weighted by Crippen LogP contribution is -2.33. The molecule has 0 aliphatic heterocycles. The third-order valence-corrected chi connectivity index (χ3v) is 5.84. The lowest BCUT2D eigenvalue weighted by Gasteiger charge is -2.23. The minimum atomic E-state index is -0.348. The first-order chi connectivity index (χ1) is 16.3. The summed E-state index contributed by atoms with van der Waals surface area (Å²) in [5, 5.41) is 13.9. The van der Waals surface area contributed by atoms with E-state index >= 15 is 0 Å². The van der Waals surface area contributed by atoms with Gasteiger partial charge in [-0.1, -0.05) is 43.6 Å². The Bertz CT molecular complexity index is 1300. The molecule has 0 aliphatic rings. The molecule has 0 fully saturated rings. The molecule has 0 radical (unpaired) electrons. The number of H-pyrrole nitrogens is 1. The van der Waals surface area contributed by atoms with E-state index in [9.17, 15) is 5.11 Å². The van der Waals surface area contributed by atoms with Gasteiger partial charge in [-0.25, -0.2) is 15.0 Å². The number of hydrogen-bond donors (Lipinski definition) is 4. The highest BCUT2D eigenvalue weighted by Gasteiger charge is 2.27. The number of aromatic nitrogens is 4. The normalized spacial score (nSPS) is 11.5. The molecule has 0 saturated carbocycles. The Kier molecular flexibility index (Phi) is 6.72. The second kappa shape index (κ2) is 9.70. The molecule has 176 valence electrons. The van der Waals surface area contributed by atoms with E-state index in [1.807, 2.05) is 24.3 Å². The fraction of sp³-hybridized carbons (Fsp3) is 0.240. The zero-order chi connectivity index (χ0) is 24.3. The number of hydrogen-bond acceptors (Lipinski definition) is 7. The molecule has 0 amide bonds. The number of imidazole rings is 1. The summed E-state index contributed by atoms with van der Waals surface area (Å²) in [7, 11) is 1.66. The van der Waals surface area contributed by atoms with Crippen molar-refractivity contribution in [2.45, 2.75) is 25.8 Å². The van der Waals surface area contributed by atoms with E-state index in [0.29, 0.717) is 35.7 Å². The number of nitrogens with zero attached hydrogens (tertiary/aromatic N) is 3. The molecule has 4 aromatic rings. The Hall–Kier alpha value is -3.62. The van der Waals surface area contributed by atoms with Gasteiger partial charge in [0.2, 0.25) is 5.95 Å². The quantitative estimate of drug-likeness (QED) is 0.293. The first kappa shape index (κ1) is 23.5. The van der Waals surface area contributed by atoms with Crippen molar-refractivity contribution in [3.05, 3.63) is 71.1 Å². The molecule has 0 saturated heterocycles. The van der Waals surface area contributed by atoms with Crippen molar-refractivity contribution < 1.29 is 9.84 Å². The van der Waals surface area contributed by atoms with Crippen LogP contribution in [0, 0.1) is 0 Å². The van der Waals surface area contributed by atoms with Crippen molar-refractivity contribution in [3.8, 4) is 34.1 Å². The number of aromatic amines is 1. The first-order valence-corrected chi connectivity index (χ1v) is 11.2. The summed E-state index contributed by atoms with van der Waals surface area (Å²) in [6.45, 7) is 5.56. The lowest BCUT2D eigenvalue weighted by atomic mass is 9.92. The van der Waals surface area contributed by atoms with Gasteiger partial charge in [0.25, 0.3) is 0 Å². The fourth-order valence-corrected chi connectivity index (χ4v) is 3.76. The predicted octanol–water partition coefficient (Wildman–Crippen LogP) is 4.55. The maximum atomic E-state index is 10.2. The lowest BCUT2D eigenvalue weighted by molar-refractivity contribution is 0.413. The highest BCUT2D eigenvalue weighted by Crippen LogP contribution is 2.36. The van der Waals surface area contributed by atoms with Gasteiger partial charge in [0, 0.05) is 30.3 Å². The molecule has 2 aromatic heterocycles. The smallest absolute Gasteiger partial charge is 0.220 e. The van der Waals surface area contributed by atoms with E-state index in [0.717, 1.165) is 17.1 Å². The highest BCUT2D eigenvalue weighted by molar-refractivity contribution is 6.32. The third-order valence-electron chi connectivity index (χ3n) is 5.53. The summed E-state index contributed by atoms with van der Waals surface area (Å²) in [6.07, 6.45) is 1.60. The van der Waals surface area contributed by atoms with E-state index in [1.54, 1.807) is 31.5 Å². The van der Waals surface area contributed by atoms with Crippen LogP contribution >= 0.6 is 11.6 Å². The molecule has 34 heavy (non-hydrogen) atoms. The monoisotopic (exact) mass is 478 g/mol. The number of aromatic hydroxyl groups is 1. The summed E-state index contributed by atoms with van der Waals surface area (Å²) < 4.78 is 5.31. The van der Waals surface area contributed by atoms with Crippen LogP contribution in [0.2, 0.25) is 5.02 Å². The summed E-state index contributed by atoms with van der Waals surface area (Å²) >= 11 is 6.02. The van der Waals surface area contributed by atoms with Crippen LogP contribution in [0.15, 0.2) is 54.7 Å². The third kappa shape index (κ3) is 5.13. The highest BCUT2D eigenvalue weighted by atomic mass is 35.5. The molecule has 0 spiro atoms. The van der Waals surface area contributed by atoms with Gasteiger partial charge in [0.15, 0.2) is 0 Å². The SMILES string of the molecule is COc1cccc(CNCC(C)(C)c2nc(-c3ccc(Cl)c(O)c3)c(-c3ccnc(N)n3)[nH]2)c1.